The predicted molar refractivity (Wildman–Crippen MR) is 114 cm³/mol. The highest BCUT2D eigenvalue weighted by Crippen LogP contribution is 2.34. The van der Waals surface area contributed by atoms with Crippen LogP contribution in [0.1, 0.15) is 15.9 Å². The number of rotatable bonds is 3. The Labute approximate surface area is 171 Å². The largest absolute Gasteiger partial charge is 0.326 e. The van der Waals surface area contributed by atoms with Crippen molar-refractivity contribution in [3.63, 3.8) is 0 Å². The van der Waals surface area contributed by atoms with Crippen molar-refractivity contribution >= 4 is 50.1 Å². The Morgan fingerprint density at radius 3 is 2.64 bits per heavy atom. The molecule has 0 saturated carbocycles. The minimum Gasteiger partial charge on any atom is -0.326 e. The van der Waals surface area contributed by atoms with Gasteiger partial charge in [-0.3, -0.25) is 14.7 Å². The van der Waals surface area contributed by atoms with Gasteiger partial charge in [-0.15, -0.1) is 0 Å². The van der Waals surface area contributed by atoms with Gasteiger partial charge >= 0.3 is 6.03 Å². The third kappa shape index (κ3) is 3.11. The second-order valence-electron chi connectivity index (χ2n) is 6.78. The number of nitrogens with one attached hydrogen (secondary N) is 1. The summed E-state index contributed by atoms with van der Waals surface area (Å²) >= 11 is 3.41. The van der Waals surface area contributed by atoms with E-state index in [1.807, 2.05) is 43.3 Å². The topological polar surface area (TPSA) is 65.5 Å². The maximum atomic E-state index is 12.7. The molecule has 2 heterocycles. The van der Waals surface area contributed by atoms with Gasteiger partial charge in [0.05, 0.1) is 22.5 Å². The number of benzene rings is 2. The standard InChI is InChI=1S/C21H19BrN4O2/c1-13-12-23-18-15(19(13)26-11-10-25(2)21(26)28)7-5-9-17(18)24-20(27)14-6-3-4-8-16(14)22/h3-9,12H,10-11H2,1-2H3,(H,24,27). The molecule has 7 heteroatoms. The number of halogens is 1. The van der Waals surface area contributed by atoms with Gasteiger partial charge in [0.25, 0.3) is 5.91 Å². The van der Waals surface area contributed by atoms with Crippen molar-refractivity contribution < 1.29 is 9.59 Å². The molecule has 1 aliphatic rings. The summed E-state index contributed by atoms with van der Waals surface area (Å²) in [5.74, 6) is -0.221. The summed E-state index contributed by atoms with van der Waals surface area (Å²) in [6.07, 6.45) is 1.75. The van der Waals surface area contributed by atoms with Crippen LogP contribution in [0.4, 0.5) is 16.2 Å². The molecule has 3 amide bonds. The molecule has 0 unspecified atom stereocenters. The van der Waals surface area contributed by atoms with Crippen LogP contribution >= 0.6 is 15.9 Å². The van der Waals surface area contributed by atoms with Crippen molar-refractivity contribution in [1.29, 1.82) is 0 Å². The molecule has 4 rings (SSSR count). The lowest BCUT2D eigenvalue weighted by Gasteiger charge is -2.21. The average molecular weight is 439 g/mol. The number of amides is 3. The normalized spacial score (nSPS) is 14.0. The molecule has 1 fully saturated rings. The third-order valence-electron chi connectivity index (χ3n) is 4.91. The zero-order valence-electron chi connectivity index (χ0n) is 15.6. The van der Waals surface area contributed by atoms with Gasteiger partial charge < -0.3 is 10.2 Å². The van der Waals surface area contributed by atoms with E-state index < -0.39 is 0 Å². The van der Waals surface area contributed by atoms with E-state index in [1.165, 1.54) is 0 Å². The first-order valence-electron chi connectivity index (χ1n) is 8.94. The van der Waals surface area contributed by atoms with Crippen LogP contribution in [0.25, 0.3) is 10.9 Å². The quantitative estimate of drug-likeness (QED) is 0.657. The molecule has 1 N–H and O–H groups in total. The van der Waals surface area contributed by atoms with E-state index in [2.05, 4.69) is 26.2 Å². The number of para-hydroxylation sites is 1. The Morgan fingerprint density at radius 1 is 1.14 bits per heavy atom. The highest BCUT2D eigenvalue weighted by Gasteiger charge is 2.29. The van der Waals surface area contributed by atoms with Gasteiger partial charge in [0.2, 0.25) is 0 Å². The van der Waals surface area contributed by atoms with Crippen LogP contribution in [0.3, 0.4) is 0 Å². The van der Waals surface area contributed by atoms with E-state index in [0.717, 1.165) is 21.1 Å². The zero-order valence-corrected chi connectivity index (χ0v) is 17.2. The molecule has 0 aliphatic carbocycles. The van der Waals surface area contributed by atoms with Gasteiger partial charge in [0, 0.05) is 36.2 Å². The third-order valence-corrected chi connectivity index (χ3v) is 5.60. The number of aryl methyl sites for hydroxylation is 1. The first-order valence-corrected chi connectivity index (χ1v) is 9.73. The van der Waals surface area contributed by atoms with Crippen LogP contribution in [0, 0.1) is 6.92 Å². The van der Waals surface area contributed by atoms with Gasteiger partial charge in [-0.25, -0.2) is 4.79 Å². The molecule has 2 aromatic carbocycles. The van der Waals surface area contributed by atoms with Crippen molar-refractivity contribution in [1.82, 2.24) is 9.88 Å². The monoisotopic (exact) mass is 438 g/mol. The second kappa shape index (κ2) is 7.24. The Kier molecular flexibility index (Phi) is 4.77. The molecule has 28 heavy (non-hydrogen) atoms. The zero-order chi connectivity index (χ0) is 19.8. The summed E-state index contributed by atoms with van der Waals surface area (Å²) in [7, 11) is 1.80. The Balaban J connectivity index is 1.78. The summed E-state index contributed by atoms with van der Waals surface area (Å²) in [6.45, 7) is 3.25. The Hall–Kier alpha value is -2.93. The van der Waals surface area contributed by atoms with Crippen LogP contribution in [0.5, 0.6) is 0 Å². The van der Waals surface area contributed by atoms with Crippen LogP contribution < -0.4 is 10.2 Å². The number of anilines is 2. The number of likely N-dealkylation sites (N-methyl/N-ethyl adjacent to an activating group) is 1. The SMILES string of the molecule is Cc1cnc2c(NC(=O)c3ccccc3Br)cccc2c1N1CCN(C)C1=O. The van der Waals surface area contributed by atoms with Crippen LogP contribution in [0.2, 0.25) is 0 Å². The summed E-state index contributed by atoms with van der Waals surface area (Å²) in [5.41, 5.74) is 3.58. The van der Waals surface area contributed by atoms with Crippen molar-refractivity contribution in [3.05, 3.63) is 64.3 Å². The lowest BCUT2D eigenvalue weighted by molar-refractivity contribution is 0.102. The molecule has 0 spiro atoms. The van der Waals surface area contributed by atoms with Gasteiger partial charge in [0.1, 0.15) is 0 Å². The minimum absolute atomic E-state index is 0.0294. The van der Waals surface area contributed by atoms with Crippen molar-refractivity contribution in [2.45, 2.75) is 6.92 Å². The first kappa shape index (κ1) is 18.4. The number of aromatic nitrogens is 1. The summed E-state index contributed by atoms with van der Waals surface area (Å²) in [4.78, 5) is 33.3. The summed E-state index contributed by atoms with van der Waals surface area (Å²) in [5, 5.41) is 3.80. The number of carbonyl (C=O) groups excluding carboxylic acids is 2. The second-order valence-corrected chi connectivity index (χ2v) is 7.64. The molecule has 1 aliphatic heterocycles. The van der Waals surface area contributed by atoms with Gasteiger partial charge in [-0.1, -0.05) is 24.3 Å². The van der Waals surface area contributed by atoms with Gasteiger partial charge in [-0.2, -0.15) is 0 Å². The molecular weight excluding hydrogens is 420 g/mol. The van der Waals surface area contributed by atoms with Crippen LogP contribution in [-0.2, 0) is 0 Å². The highest BCUT2D eigenvalue weighted by atomic mass is 79.9. The number of hydrogen-bond acceptors (Lipinski definition) is 3. The smallest absolute Gasteiger partial charge is 0.324 e. The van der Waals surface area contributed by atoms with Crippen LogP contribution in [0.15, 0.2) is 53.1 Å². The fraction of sp³-hybridized carbons (Fsp3) is 0.190. The van der Waals surface area contributed by atoms with Crippen molar-refractivity contribution in [2.24, 2.45) is 0 Å². The Bertz CT molecular complexity index is 1100. The number of pyridine rings is 1. The number of nitrogens with zero attached hydrogens (tertiary/aromatic N) is 3. The van der Waals surface area contributed by atoms with Crippen LogP contribution in [-0.4, -0.2) is 42.0 Å². The van der Waals surface area contributed by atoms with E-state index >= 15 is 0 Å². The molecule has 0 atom stereocenters. The maximum Gasteiger partial charge on any atom is 0.324 e. The summed E-state index contributed by atoms with van der Waals surface area (Å²) < 4.78 is 0.725. The molecule has 0 bridgehead atoms. The van der Waals surface area contributed by atoms with E-state index in [9.17, 15) is 9.59 Å². The van der Waals surface area contributed by atoms with E-state index in [4.69, 9.17) is 0 Å². The predicted octanol–water partition coefficient (Wildman–Crippen LogP) is 4.43. The molecule has 1 saturated heterocycles. The number of fused-ring (bicyclic) bond motifs is 1. The summed E-state index contributed by atoms with van der Waals surface area (Å²) in [6, 6.07) is 12.9. The molecule has 1 aromatic heterocycles. The maximum absolute atomic E-state index is 12.7. The van der Waals surface area contributed by atoms with E-state index in [-0.39, 0.29) is 11.9 Å². The van der Waals surface area contributed by atoms with E-state index in [0.29, 0.717) is 29.9 Å². The molecule has 0 radical (unpaired) electrons. The lowest BCUT2D eigenvalue weighted by Crippen LogP contribution is -2.30. The lowest BCUT2D eigenvalue weighted by atomic mass is 10.1. The van der Waals surface area contributed by atoms with Crippen molar-refractivity contribution in [3.8, 4) is 0 Å². The molecular formula is C21H19BrN4O2. The number of urea groups is 1. The van der Waals surface area contributed by atoms with E-state index in [1.54, 1.807) is 29.1 Å². The first-order chi connectivity index (χ1) is 13.5. The van der Waals surface area contributed by atoms with Gasteiger partial charge in [-0.05, 0) is 46.6 Å². The number of carbonyl (C=O) groups is 2. The average Bonchev–Trinajstić information content (AvgIpc) is 3.01. The Morgan fingerprint density at radius 2 is 1.93 bits per heavy atom. The van der Waals surface area contributed by atoms with Gasteiger partial charge in [0.15, 0.2) is 0 Å². The molecule has 142 valence electrons. The highest BCUT2D eigenvalue weighted by molar-refractivity contribution is 9.10. The number of hydrogen-bond donors (Lipinski definition) is 1. The molecule has 3 aromatic rings. The fourth-order valence-corrected chi connectivity index (χ4v) is 3.92. The fourth-order valence-electron chi connectivity index (χ4n) is 3.46. The molecule has 6 nitrogen and oxygen atoms in total. The van der Waals surface area contributed by atoms with Crippen molar-refractivity contribution in [2.75, 3.05) is 30.4 Å². The minimum atomic E-state index is -0.221.